The van der Waals surface area contributed by atoms with Gasteiger partial charge in [0, 0.05) is 29.1 Å². The summed E-state index contributed by atoms with van der Waals surface area (Å²) in [5.41, 5.74) is 8.77. The fourth-order valence-electron chi connectivity index (χ4n) is 1.62. The lowest BCUT2D eigenvalue weighted by Gasteiger charge is -2.18. The van der Waals surface area contributed by atoms with Crippen molar-refractivity contribution >= 4 is 0 Å². The van der Waals surface area contributed by atoms with Crippen LogP contribution < -0.4 is 5.73 Å². The van der Waals surface area contributed by atoms with Crippen LogP contribution in [0.5, 0.6) is 0 Å². The van der Waals surface area contributed by atoms with Gasteiger partial charge in [0.2, 0.25) is 0 Å². The second-order valence-electron chi connectivity index (χ2n) is 4.83. The molecule has 0 amide bonds. The van der Waals surface area contributed by atoms with Gasteiger partial charge in [-0.05, 0) is 26.3 Å². The Labute approximate surface area is 102 Å². The molecule has 0 saturated carbocycles. The zero-order valence-electron chi connectivity index (χ0n) is 10.4. The molecule has 0 atom stereocenters. The number of nitrogens with two attached hydrogens (primary N) is 1. The number of hydrogen-bond acceptors (Lipinski definition) is 3. The van der Waals surface area contributed by atoms with E-state index in [0.717, 1.165) is 17.0 Å². The fourth-order valence-corrected chi connectivity index (χ4v) is 1.62. The molecule has 0 radical (unpaired) electrons. The highest BCUT2D eigenvalue weighted by molar-refractivity contribution is 5.59. The molecule has 17 heavy (non-hydrogen) atoms. The third kappa shape index (κ3) is 2.50. The van der Waals surface area contributed by atoms with E-state index in [0.29, 0.717) is 0 Å². The van der Waals surface area contributed by atoms with E-state index in [1.807, 2.05) is 32.0 Å². The van der Waals surface area contributed by atoms with Gasteiger partial charge in [0.05, 0.1) is 0 Å². The molecule has 0 spiro atoms. The molecular formula is C14H17N3. The predicted molar refractivity (Wildman–Crippen MR) is 69.4 cm³/mol. The SMILES string of the molecule is Cc1ccccc1-c1ncc(C(C)(C)N)cn1. The second kappa shape index (κ2) is 4.26. The summed E-state index contributed by atoms with van der Waals surface area (Å²) in [6.07, 6.45) is 3.60. The Morgan fingerprint density at radius 3 is 2.18 bits per heavy atom. The average Bonchev–Trinajstić information content (AvgIpc) is 2.29. The molecule has 0 aliphatic rings. The number of nitrogens with zero attached hydrogens (tertiary/aromatic N) is 2. The van der Waals surface area contributed by atoms with Crippen molar-refractivity contribution in [3.05, 3.63) is 47.8 Å². The highest BCUT2D eigenvalue weighted by atomic mass is 14.9. The van der Waals surface area contributed by atoms with E-state index in [1.165, 1.54) is 5.56 Å². The van der Waals surface area contributed by atoms with Crippen LogP contribution in [0.3, 0.4) is 0 Å². The fraction of sp³-hybridized carbons (Fsp3) is 0.286. The molecule has 1 heterocycles. The zero-order chi connectivity index (χ0) is 12.5. The van der Waals surface area contributed by atoms with E-state index in [2.05, 4.69) is 23.0 Å². The van der Waals surface area contributed by atoms with E-state index >= 15 is 0 Å². The first-order chi connectivity index (χ1) is 7.98. The Kier molecular flexibility index (Phi) is 2.94. The Morgan fingerprint density at radius 2 is 1.65 bits per heavy atom. The van der Waals surface area contributed by atoms with Gasteiger partial charge in [-0.15, -0.1) is 0 Å². The van der Waals surface area contributed by atoms with Crippen molar-refractivity contribution in [1.29, 1.82) is 0 Å². The van der Waals surface area contributed by atoms with Crippen molar-refractivity contribution in [2.75, 3.05) is 0 Å². The van der Waals surface area contributed by atoms with Crippen LogP contribution in [0.25, 0.3) is 11.4 Å². The minimum Gasteiger partial charge on any atom is -0.322 e. The van der Waals surface area contributed by atoms with Gasteiger partial charge in [-0.1, -0.05) is 24.3 Å². The summed E-state index contributed by atoms with van der Waals surface area (Å²) in [5, 5.41) is 0. The van der Waals surface area contributed by atoms with E-state index < -0.39 is 5.54 Å². The maximum Gasteiger partial charge on any atom is 0.159 e. The minimum atomic E-state index is -0.399. The molecule has 3 nitrogen and oxygen atoms in total. The molecule has 88 valence electrons. The lowest BCUT2D eigenvalue weighted by Crippen LogP contribution is -2.28. The zero-order valence-corrected chi connectivity index (χ0v) is 10.4. The van der Waals surface area contributed by atoms with Crippen LogP contribution >= 0.6 is 0 Å². The highest BCUT2D eigenvalue weighted by Crippen LogP contribution is 2.21. The monoisotopic (exact) mass is 227 g/mol. The summed E-state index contributed by atoms with van der Waals surface area (Å²) in [4.78, 5) is 8.77. The average molecular weight is 227 g/mol. The van der Waals surface area contributed by atoms with Gasteiger partial charge >= 0.3 is 0 Å². The van der Waals surface area contributed by atoms with Gasteiger partial charge in [-0.2, -0.15) is 0 Å². The number of rotatable bonds is 2. The van der Waals surface area contributed by atoms with E-state index in [9.17, 15) is 0 Å². The molecule has 0 unspecified atom stereocenters. The summed E-state index contributed by atoms with van der Waals surface area (Å²) >= 11 is 0. The Morgan fingerprint density at radius 1 is 1.06 bits per heavy atom. The summed E-state index contributed by atoms with van der Waals surface area (Å²) in [5.74, 6) is 0.746. The molecule has 2 rings (SSSR count). The van der Waals surface area contributed by atoms with Gasteiger partial charge in [-0.3, -0.25) is 0 Å². The van der Waals surface area contributed by atoms with Crippen LogP contribution in [-0.2, 0) is 5.54 Å². The van der Waals surface area contributed by atoms with E-state index in [-0.39, 0.29) is 0 Å². The molecule has 0 saturated heterocycles. The first-order valence-electron chi connectivity index (χ1n) is 5.66. The van der Waals surface area contributed by atoms with E-state index in [1.54, 1.807) is 12.4 Å². The molecular weight excluding hydrogens is 210 g/mol. The Hall–Kier alpha value is -1.74. The standard InChI is InChI=1S/C14H17N3/c1-10-6-4-5-7-12(10)13-16-8-11(9-17-13)14(2,3)15/h4-9H,15H2,1-3H3. The van der Waals surface area contributed by atoms with Crippen molar-refractivity contribution < 1.29 is 0 Å². The molecule has 2 N–H and O–H groups in total. The van der Waals surface area contributed by atoms with Crippen molar-refractivity contribution in [2.45, 2.75) is 26.3 Å². The third-order valence-corrected chi connectivity index (χ3v) is 2.78. The van der Waals surface area contributed by atoms with Crippen LogP contribution in [0, 0.1) is 6.92 Å². The topological polar surface area (TPSA) is 51.8 Å². The largest absolute Gasteiger partial charge is 0.322 e. The van der Waals surface area contributed by atoms with Crippen LogP contribution in [0.1, 0.15) is 25.0 Å². The quantitative estimate of drug-likeness (QED) is 0.858. The minimum absolute atomic E-state index is 0.399. The molecule has 0 aliphatic heterocycles. The number of aromatic nitrogens is 2. The number of benzene rings is 1. The summed E-state index contributed by atoms with van der Waals surface area (Å²) in [6, 6.07) is 8.08. The lowest BCUT2D eigenvalue weighted by molar-refractivity contribution is 0.549. The maximum absolute atomic E-state index is 6.00. The normalized spacial score (nSPS) is 11.5. The van der Waals surface area contributed by atoms with Gasteiger partial charge in [0.1, 0.15) is 0 Å². The van der Waals surface area contributed by atoms with Crippen molar-refractivity contribution in [1.82, 2.24) is 9.97 Å². The van der Waals surface area contributed by atoms with Crippen molar-refractivity contribution in [2.24, 2.45) is 5.73 Å². The predicted octanol–water partition coefficient (Wildman–Crippen LogP) is 2.65. The molecule has 0 bridgehead atoms. The first kappa shape index (κ1) is 11.7. The van der Waals surface area contributed by atoms with Gasteiger partial charge in [0.25, 0.3) is 0 Å². The smallest absolute Gasteiger partial charge is 0.159 e. The Balaban J connectivity index is 2.40. The summed E-state index contributed by atoms with van der Waals surface area (Å²) in [7, 11) is 0. The van der Waals surface area contributed by atoms with Gasteiger partial charge < -0.3 is 5.73 Å². The number of aryl methyl sites for hydroxylation is 1. The van der Waals surface area contributed by atoms with Crippen LogP contribution in [0.15, 0.2) is 36.7 Å². The molecule has 1 aromatic carbocycles. The Bertz CT molecular complexity index is 510. The molecule has 2 aromatic rings. The van der Waals surface area contributed by atoms with Crippen molar-refractivity contribution in [3.63, 3.8) is 0 Å². The van der Waals surface area contributed by atoms with Gasteiger partial charge in [0.15, 0.2) is 5.82 Å². The van der Waals surface area contributed by atoms with Crippen LogP contribution in [-0.4, -0.2) is 9.97 Å². The maximum atomic E-state index is 6.00. The van der Waals surface area contributed by atoms with Gasteiger partial charge in [-0.25, -0.2) is 9.97 Å². The van der Waals surface area contributed by atoms with E-state index in [4.69, 9.17) is 5.73 Å². The third-order valence-electron chi connectivity index (χ3n) is 2.78. The summed E-state index contributed by atoms with van der Waals surface area (Å²) < 4.78 is 0. The van der Waals surface area contributed by atoms with Crippen molar-refractivity contribution in [3.8, 4) is 11.4 Å². The molecule has 3 heteroatoms. The highest BCUT2D eigenvalue weighted by Gasteiger charge is 2.15. The summed E-state index contributed by atoms with van der Waals surface area (Å²) in [6.45, 7) is 5.94. The molecule has 0 aliphatic carbocycles. The first-order valence-corrected chi connectivity index (χ1v) is 5.66. The van der Waals surface area contributed by atoms with Crippen LogP contribution in [0.2, 0.25) is 0 Å². The molecule has 0 fully saturated rings. The number of hydrogen-bond donors (Lipinski definition) is 1. The lowest BCUT2D eigenvalue weighted by atomic mass is 9.99. The molecule has 1 aromatic heterocycles. The van der Waals surface area contributed by atoms with Crippen LogP contribution in [0.4, 0.5) is 0 Å². The second-order valence-corrected chi connectivity index (χ2v) is 4.83.